The number of hydrogen-bond acceptors (Lipinski definition) is 5. The molecule has 0 radical (unpaired) electrons. The van der Waals surface area contributed by atoms with Crippen LogP contribution in [-0.4, -0.2) is 40.7 Å². The van der Waals surface area contributed by atoms with Crippen LogP contribution in [0, 0.1) is 30.0 Å². The number of amides is 1. The Hall–Kier alpha value is -3.05. The lowest BCUT2D eigenvalue weighted by Crippen LogP contribution is -2.35. The number of hydrogen-bond donors (Lipinski definition) is 1. The molecule has 0 saturated heterocycles. The van der Waals surface area contributed by atoms with Crippen LogP contribution in [0.5, 0.6) is 0 Å². The Labute approximate surface area is 163 Å². The molecule has 2 aromatic rings. The van der Waals surface area contributed by atoms with Crippen LogP contribution in [0.3, 0.4) is 0 Å². The number of aromatic nitrogens is 2. The van der Waals surface area contributed by atoms with Crippen molar-refractivity contribution in [2.45, 2.75) is 33.3 Å². The van der Waals surface area contributed by atoms with Gasteiger partial charge in [-0.25, -0.2) is 9.07 Å². The summed E-state index contributed by atoms with van der Waals surface area (Å²) in [5.41, 5.74) is 0.642. The summed E-state index contributed by atoms with van der Waals surface area (Å²) in [7, 11) is 0. The fourth-order valence-electron chi connectivity index (χ4n) is 2.61. The zero-order chi connectivity index (χ0) is 20.7. The highest BCUT2D eigenvalue weighted by atomic mass is 19.1. The number of halogens is 1. The van der Waals surface area contributed by atoms with Gasteiger partial charge < -0.3 is 10.1 Å². The van der Waals surface area contributed by atoms with E-state index in [1.807, 2.05) is 13.8 Å². The lowest BCUT2D eigenvalue weighted by molar-refractivity contribution is -0.122. The van der Waals surface area contributed by atoms with Gasteiger partial charge >= 0.3 is 0 Å². The fraction of sp³-hybridized carbons (Fsp3) is 0.400. The van der Waals surface area contributed by atoms with Gasteiger partial charge in [-0.05, 0) is 39.3 Å². The molecule has 1 aromatic heterocycles. The van der Waals surface area contributed by atoms with Crippen molar-refractivity contribution in [2.75, 3.05) is 13.2 Å². The Kier molecular flexibility index (Phi) is 7.41. The van der Waals surface area contributed by atoms with Crippen LogP contribution in [0.1, 0.15) is 36.3 Å². The van der Waals surface area contributed by atoms with Gasteiger partial charge in [0.15, 0.2) is 11.7 Å². The largest absolute Gasteiger partial charge is 0.379 e. The van der Waals surface area contributed by atoms with Crippen molar-refractivity contribution in [2.24, 2.45) is 5.92 Å². The Bertz CT molecular complexity index is 886. The molecule has 1 N–H and O–H groups in total. The van der Waals surface area contributed by atoms with Crippen molar-refractivity contribution in [1.82, 2.24) is 15.1 Å². The number of ketones is 1. The molecule has 1 amide bonds. The number of nitrogens with zero attached hydrogens (tertiary/aromatic N) is 3. The van der Waals surface area contributed by atoms with E-state index in [2.05, 4.69) is 10.4 Å². The first kappa shape index (κ1) is 21.3. The standard InChI is InChI=1S/C20H23FN4O3/c1-13(2)28-10-6-9-23-20(27)15(11-22)19(26)16-12-24-25(14(16)3)18-8-5-4-7-17(18)21/h4-5,7-8,12-13,15H,6,9-10H2,1-3H3,(H,23,27). The number of nitrogens with one attached hydrogen (secondary N) is 1. The lowest BCUT2D eigenvalue weighted by Gasteiger charge is -2.11. The molecule has 0 saturated carbocycles. The third-order valence-corrected chi connectivity index (χ3v) is 4.08. The van der Waals surface area contributed by atoms with Gasteiger partial charge in [0.25, 0.3) is 0 Å². The van der Waals surface area contributed by atoms with Crippen LogP contribution >= 0.6 is 0 Å². The zero-order valence-corrected chi connectivity index (χ0v) is 16.1. The van der Waals surface area contributed by atoms with E-state index in [0.29, 0.717) is 25.3 Å². The monoisotopic (exact) mass is 386 g/mol. The predicted octanol–water partition coefficient (Wildman–Crippen LogP) is 2.57. The summed E-state index contributed by atoms with van der Waals surface area (Å²) in [6, 6.07) is 7.75. The minimum Gasteiger partial charge on any atom is -0.379 e. The Balaban J connectivity index is 2.08. The maximum Gasteiger partial charge on any atom is 0.245 e. The molecule has 0 aliphatic heterocycles. The molecule has 0 fully saturated rings. The van der Waals surface area contributed by atoms with E-state index in [9.17, 15) is 19.2 Å². The smallest absolute Gasteiger partial charge is 0.245 e. The first-order valence-corrected chi connectivity index (χ1v) is 8.99. The van der Waals surface area contributed by atoms with Gasteiger partial charge in [-0.3, -0.25) is 9.59 Å². The van der Waals surface area contributed by atoms with Gasteiger partial charge in [0, 0.05) is 13.2 Å². The van der Waals surface area contributed by atoms with Gasteiger partial charge in [-0.2, -0.15) is 10.4 Å². The molecule has 0 spiro atoms. The van der Waals surface area contributed by atoms with Gasteiger partial charge in [-0.1, -0.05) is 12.1 Å². The van der Waals surface area contributed by atoms with E-state index in [1.165, 1.54) is 23.0 Å². The molecule has 28 heavy (non-hydrogen) atoms. The number of ether oxygens (including phenoxy) is 1. The Morgan fingerprint density at radius 2 is 2.07 bits per heavy atom. The third kappa shape index (κ3) is 5.02. The van der Waals surface area contributed by atoms with Crippen LogP contribution in [0.15, 0.2) is 30.5 Å². The average Bonchev–Trinajstić information content (AvgIpc) is 3.03. The van der Waals surface area contributed by atoms with Crippen LogP contribution in [-0.2, 0) is 9.53 Å². The van der Waals surface area contributed by atoms with E-state index < -0.39 is 23.4 Å². The summed E-state index contributed by atoms with van der Waals surface area (Å²) in [4.78, 5) is 24.9. The van der Waals surface area contributed by atoms with Gasteiger partial charge in [-0.15, -0.1) is 0 Å². The number of Topliss-reactive ketones (excluding diaryl/α,β-unsaturated/α-hetero) is 1. The average molecular weight is 386 g/mol. The highest BCUT2D eigenvalue weighted by Gasteiger charge is 2.30. The number of benzene rings is 1. The van der Waals surface area contributed by atoms with Crippen molar-refractivity contribution in [3.05, 3.63) is 47.5 Å². The fourth-order valence-corrected chi connectivity index (χ4v) is 2.61. The van der Waals surface area contributed by atoms with E-state index in [0.717, 1.165) is 0 Å². The second-order valence-corrected chi connectivity index (χ2v) is 6.50. The van der Waals surface area contributed by atoms with Gasteiger partial charge in [0.05, 0.1) is 29.6 Å². The molecule has 2 rings (SSSR count). The number of carbonyl (C=O) groups excluding carboxylic acids is 2. The van der Waals surface area contributed by atoms with Gasteiger partial charge in [0.1, 0.15) is 11.5 Å². The van der Waals surface area contributed by atoms with Crippen LogP contribution in [0.25, 0.3) is 5.69 Å². The molecule has 7 nitrogen and oxygen atoms in total. The summed E-state index contributed by atoms with van der Waals surface area (Å²) in [5.74, 6) is -3.33. The summed E-state index contributed by atoms with van der Waals surface area (Å²) >= 11 is 0. The third-order valence-electron chi connectivity index (χ3n) is 4.08. The molecule has 1 atom stereocenters. The predicted molar refractivity (Wildman–Crippen MR) is 100 cm³/mol. The molecule has 0 bridgehead atoms. The van der Waals surface area contributed by atoms with Crippen molar-refractivity contribution in [3.63, 3.8) is 0 Å². The SMILES string of the molecule is Cc1c(C(=O)C(C#N)C(=O)NCCCOC(C)C)cnn1-c1ccccc1F. The topological polar surface area (TPSA) is 97.0 Å². The maximum atomic E-state index is 14.0. The summed E-state index contributed by atoms with van der Waals surface area (Å²) < 4.78 is 20.6. The van der Waals surface area contributed by atoms with Crippen LogP contribution in [0.4, 0.5) is 4.39 Å². The van der Waals surface area contributed by atoms with Crippen molar-refractivity contribution >= 4 is 11.7 Å². The van der Waals surface area contributed by atoms with E-state index in [-0.39, 0.29) is 17.4 Å². The number of rotatable bonds is 9. The Morgan fingerprint density at radius 3 is 2.71 bits per heavy atom. The maximum absolute atomic E-state index is 14.0. The second kappa shape index (κ2) is 9.76. The quantitative estimate of drug-likeness (QED) is 0.406. The zero-order valence-electron chi connectivity index (χ0n) is 16.1. The number of nitriles is 1. The minimum atomic E-state index is -1.50. The molecule has 0 aliphatic carbocycles. The summed E-state index contributed by atoms with van der Waals surface area (Å²) in [6.07, 6.45) is 1.91. The molecular weight excluding hydrogens is 363 g/mol. The van der Waals surface area contributed by atoms with Crippen LogP contribution < -0.4 is 5.32 Å². The van der Waals surface area contributed by atoms with E-state index in [4.69, 9.17) is 4.74 Å². The van der Waals surface area contributed by atoms with Crippen molar-refractivity contribution in [1.29, 1.82) is 5.26 Å². The highest BCUT2D eigenvalue weighted by molar-refractivity contribution is 6.12. The molecule has 8 heteroatoms. The lowest BCUT2D eigenvalue weighted by atomic mass is 9.98. The molecule has 0 aliphatic rings. The van der Waals surface area contributed by atoms with Gasteiger partial charge in [0.2, 0.25) is 5.91 Å². The molecule has 148 valence electrons. The van der Waals surface area contributed by atoms with Crippen molar-refractivity contribution < 1.29 is 18.7 Å². The first-order valence-electron chi connectivity index (χ1n) is 8.99. The molecule has 1 aromatic carbocycles. The van der Waals surface area contributed by atoms with Crippen molar-refractivity contribution in [3.8, 4) is 11.8 Å². The second-order valence-electron chi connectivity index (χ2n) is 6.50. The Morgan fingerprint density at radius 1 is 1.36 bits per heavy atom. The van der Waals surface area contributed by atoms with E-state index in [1.54, 1.807) is 25.1 Å². The highest BCUT2D eigenvalue weighted by Crippen LogP contribution is 2.19. The summed E-state index contributed by atoms with van der Waals surface area (Å²) in [5, 5.41) is 15.9. The minimum absolute atomic E-state index is 0.0955. The molecular formula is C20H23FN4O3. The molecule has 1 heterocycles. The van der Waals surface area contributed by atoms with Crippen LogP contribution in [0.2, 0.25) is 0 Å². The first-order chi connectivity index (χ1) is 13.4. The normalized spacial score (nSPS) is 11.9. The number of para-hydroxylation sites is 1. The number of carbonyl (C=O) groups is 2. The van der Waals surface area contributed by atoms with E-state index >= 15 is 0 Å². The summed E-state index contributed by atoms with van der Waals surface area (Å²) in [6.45, 7) is 6.17. The molecule has 1 unspecified atom stereocenters.